The molecule has 5 heteroatoms. The Morgan fingerprint density at radius 2 is 1.86 bits per heavy atom. The van der Waals surface area contributed by atoms with E-state index in [-0.39, 0.29) is 5.91 Å². The van der Waals surface area contributed by atoms with Gasteiger partial charge in [-0.05, 0) is 80.4 Å². The molecule has 3 aromatic carbocycles. The maximum absolute atomic E-state index is 12.6. The van der Waals surface area contributed by atoms with Gasteiger partial charge in [-0.1, -0.05) is 12.1 Å². The smallest absolute Gasteiger partial charge is 0.255 e. The number of benzene rings is 3. The lowest BCUT2D eigenvalue weighted by atomic mass is 10.1. The molecule has 0 aliphatic rings. The van der Waals surface area contributed by atoms with E-state index in [4.69, 9.17) is 9.15 Å². The third kappa shape index (κ3) is 3.99. The number of carbonyl (C=O) groups is 1. The molecule has 1 N–H and O–H groups in total. The van der Waals surface area contributed by atoms with Gasteiger partial charge in [0, 0.05) is 16.8 Å². The standard InChI is InChI=1S/C24H22N2O3/c1-4-28-20-10-8-17(9-11-20)23(27)25-19-7-5-6-18(14-19)24-26-21-13-15(2)12-16(3)22(21)29-24/h5-14H,4H2,1-3H3,(H,25,27). The number of fused-ring (bicyclic) bond motifs is 1. The van der Waals surface area contributed by atoms with Gasteiger partial charge in [-0.25, -0.2) is 4.98 Å². The van der Waals surface area contributed by atoms with Crippen LogP contribution in [0.2, 0.25) is 0 Å². The molecule has 0 bridgehead atoms. The SMILES string of the molecule is CCOc1ccc(C(=O)Nc2cccc(-c3nc4cc(C)cc(C)c4o3)c2)cc1. The predicted octanol–water partition coefficient (Wildman–Crippen LogP) is 5.76. The molecule has 1 aromatic heterocycles. The molecule has 0 saturated carbocycles. The largest absolute Gasteiger partial charge is 0.494 e. The van der Waals surface area contributed by atoms with Crippen LogP contribution < -0.4 is 10.1 Å². The number of hydrogen-bond acceptors (Lipinski definition) is 4. The first-order valence-electron chi connectivity index (χ1n) is 9.56. The molecule has 0 atom stereocenters. The zero-order chi connectivity index (χ0) is 20.4. The number of nitrogens with zero attached hydrogens (tertiary/aromatic N) is 1. The van der Waals surface area contributed by atoms with Crippen LogP contribution in [-0.2, 0) is 0 Å². The van der Waals surface area contributed by atoms with E-state index in [0.717, 1.165) is 33.5 Å². The van der Waals surface area contributed by atoms with Crippen molar-refractivity contribution in [2.45, 2.75) is 20.8 Å². The van der Waals surface area contributed by atoms with E-state index < -0.39 is 0 Å². The first kappa shape index (κ1) is 18.7. The van der Waals surface area contributed by atoms with Crippen LogP contribution in [0.5, 0.6) is 5.75 Å². The maximum atomic E-state index is 12.6. The van der Waals surface area contributed by atoms with Crippen molar-refractivity contribution in [1.82, 2.24) is 4.98 Å². The van der Waals surface area contributed by atoms with Gasteiger partial charge in [0.05, 0.1) is 6.61 Å². The number of carbonyl (C=O) groups excluding carboxylic acids is 1. The number of nitrogens with one attached hydrogen (secondary N) is 1. The molecular weight excluding hydrogens is 364 g/mol. The second-order valence-corrected chi connectivity index (χ2v) is 6.94. The Morgan fingerprint density at radius 3 is 2.62 bits per heavy atom. The lowest BCUT2D eigenvalue weighted by Gasteiger charge is -2.07. The summed E-state index contributed by atoms with van der Waals surface area (Å²) < 4.78 is 11.4. The normalized spacial score (nSPS) is 10.9. The molecule has 0 spiro atoms. The van der Waals surface area contributed by atoms with Crippen LogP contribution in [0, 0.1) is 13.8 Å². The highest BCUT2D eigenvalue weighted by Gasteiger charge is 2.12. The number of ether oxygens (including phenoxy) is 1. The summed E-state index contributed by atoms with van der Waals surface area (Å²) in [5.41, 5.74) is 5.87. The minimum absolute atomic E-state index is 0.186. The minimum Gasteiger partial charge on any atom is -0.494 e. The molecule has 0 radical (unpaired) electrons. The van der Waals surface area contributed by atoms with Crippen molar-refractivity contribution in [3.05, 3.63) is 77.4 Å². The molecule has 1 heterocycles. The molecule has 4 aromatic rings. The zero-order valence-corrected chi connectivity index (χ0v) is 16.7. The predicted molar refractivity (Wildman–Crippen MR) is 114 cm³/mol. The van der Waals surface area contributed by atoms with E-state index in [1.165, 1.54) is 0 Å². The lowest BCUT2D eigenvalue weighted by molar-refractivity contribution is 0.102. The molecule has 0 aliphatic heterocycles. The van der Waals surface area contributed by atoms with Gasteiger partial charge in [0.25, 0.3) is 5.91 Å². The summed E-state index contributed by atoms with van der Waals surface area (Å²) in [6.45, 7) is 6.57. The Balaban J connectivity index is 1.57. The second kappa shape index (κ2) is 7.80. The molecule has 4 rings (SSSR count). The number of aromatic nitrogens is 1. The highest BCUT2D eigenvalue weighted by molar-refractivity contribution is 6.04. The van der Waals surface area contributed by atoms with Crippen molar-refractivity contribution in [3.63, 3.8) is 0 Å². The Kier molecular flexibility index (Phi) is 5.04. The monoisotopic (exact) mass is 386 g/mol. The van der Waals surface area contributed by atoms with Crippen molar-refractivity contribution < 1.29 is 13.9 Å². The number of amides is 1. The van der Waals surface area contributed by atoms with Crippen LogP contribution in [0.4, 0.5) is 5.69 Å². The fraction of sp³-hybridized carbons (Fsp3) is 0.167. The highest BCUT2D eigenvalue weighted by atomic mass is 16.5. The number of anilines is 1. The first-order valence-corrected chi connectivity index (χ1v) is 9.56. The Hall–Kier alpha value is -3.60. The first-order chi connectivity index (χ1) is 14.0. The van der Waals surface area contributed by atoms with E-state index in [0.29, 0.717) is 23.7 Å². The van der Waals surface area contributed by atoms with Crippen LogP contribution in [-0.4, -0.2) is 17.5 Å². The van der Waals surface area contributed by atoms with Gasteiger partial charge in [-0.15, -0.1) is 0 Å². The summed E-state index contributed by atoms with van der Waals surface area (Å²) in [5.74, 6) is 1.09. The number of rotatable bonds is 5. The zero-order valence-electron chi connectivity index (χ0n) is 16.7. The fourth-order valence-electron chi connectivity index (χ4n) is 3.30. The van der Waals surface area contributed by atoms with Crippen molar-refractivity contribution in [3.8, 4) is 17.2 Å². The van der Waals surface area contributed by atoms with Crippen LogP contribution in [0.1, 0.15) is 28.4 Å². The molecule has 0 aliphatic carbocycles. The van der Waals surface area contributed by atoms with Gasteiger partial charge in [0.2, 0.25) is 5.89 Å². The molecule has 5 nitrogen and oxygen atoms in total. The molecule has 0 unspecified atom stereocenters. The molecule has 146 valence electrons. The van der Waals surface area contributed by atoms with E-state index >= 15 is 0 Å². The average molecular weight is 386 g/mol. The quantitative estimate of drug-likeness (QED) is 0.473. The Bertz CT molecular complexity index is 1180. The summed E-state index contributed by atoms with van der Waals surface area (Å²) in [6.07, 6.45) is 0. The van der Waals surface area contributed by atoms with E-state index in [1.54, 1.807) is 24.3 Å². The van der Waals surface area contributed by atoms with E-state index in [9.17, 15) is 4.79 Å². The number of aryl methyl sites for hydroxylation is 2. The topological polar surface area (TPSA) is 64.4 Å². The van der Waals surface area contributed by atoms with Crippen molar-refractivity contribution in [1.29, 1.82) is 0 Å². The van der Waals surface area contributed by atoms with Crippen LogP contribution >= 0.6 is 0 Å². The molecule has 1 amide bonds. The second-order valence-electron chi connectivity index (χ2n) is 6.94. The highest BCUT2D eigenvalue weighted by Crippen LogP contribution is 2.29. The van der Waals surface area contributed by atoms with Gasteiger partial charge in [0.15, 0.2) is 5.58 Å². The lowest BCUT2D eigenvalue weighted by Crippen LogP contribution is -2.11. The molecule has 0 fully saturated rings. The summed E-state index contributed by atoms with van der Waals surface area (Å²) >= 11 is 0. The average Bonchev–Trinajstić information content (AvgIpc) is 3.13. The van der Waals surface area contributed by atoms with Gasteiger partial charge in [-0.3, -0.25) is 4.79 Å². The van der Waals surface area contributed by atoms with Crippen molar-refractivity contribution in [2.24, 2.45) is 0 Å². The minimum atomic E-state index is -0.186. The molecule has 29 heavy (non-hydrogen) atoms. The maximum Gasteiger partial charge on any atom is 0.255 e. The van der Waals surface area contributed by atoms with Crippen molar-refractivity contribution >= 4 is 22.7 Å². The molecular formula is C24H22N2O3. The van der Waals surface area contributed by atoms with Gasteiger partial charge in [-0.2, -0.15) is 0 Å². The molecule has 0 saturated heterocycles. The summed E-state index contributed by atoms with van der Waals surface area (Å²) in [7, 11) is 0. The summed E-state index contributed by atoms with van der Waals surface area (Å²) in [5, 5.41) is 2.92. The van der Waals surface area contributed by atoms with E-state index in [2.05, 4.69) is 16.4 Å². The van der Waals surface area contributed by atoms with Crippen LogP contribution in [0.3, 0.4) is 0 Å². The third-order valence-corrected chi connectivity index (χ3v) is 4.61. The van der Waals surface area contributed by atoms with Crippen LogP contribution in [0.15, 0.2) is 65.1 Å². The van der Waals surface area contributed by atoms with E-state index in [1.807, 2.05) is 51.1 Å². The Morgan fingerprint density at radius 1 is 1.07 bits per heavy atom. The summed E-state index contributed by atoms with van der Waals surface area (Å²) in [4.78, 5) is 17.2. The van der Waals surface area contributed by atoms with Gasteiger partial charge < -0.3 is 14.5 Å². The van der Waals surface area contributed by atoms with Gasteiger partial charge >= 0.3 is 0 Å². The summed E-state index contributed by atoms with van der Waals surface area (Å²) in [6, 6.07) is 18.6. The Labute approximate surface area is 169 Å². The van der Waals surface area contributed by atoms with Crippen LogP contribution in [0.25, 0.3) is 22.6 Å². The number of hydrogen-bond donors (Lipinski definition) is 1. The number of oxazole rings is 1. The third-order valence-electron chi connectivity index (χ3n) is 4.61. The van der Waals surface area contributed by atoms with Gasteiger partial charge in [0.1, 0.15) is 11.3 Å². The van der Waals surface area contributed by atoms with Crippen molar-refractivity contribution in [2.75, 3.05) is 11.9 Å². The fourth-order valence-corrected chi connectivity index (χ4v) is 3.30.